The van der Waals surface area contributed by atoms with Gasteiger partial charge in [-0.2, -0.15) is 0 Å². The molecule has 2 heterocycles. The number of anilines is 1. The first-order chi connectivity index (χ1) is 9.75. The van der Waals surface area contributed by atoms with E-state index < -0.39 is 6.10 Å². The van der Waals surface area contributed by atoms with Gasteiger partial charge < -0.3 is 10.0 Å². The van der Waals surface area contributed by atoms with Crippen LogP contribution in [0.4, 0.5) is 5.82 Å². The van der Waals surface area contributed by atoms with Crippen LogP contribution in [0.2, 0.25) is 0 Å². The van der Waals surface area contributed by atoms with E-state index in [2.05, 4.69) is 14.8 Å². The van der Waals surface area contributed by atoms with Crippen LogP contribution in [0.3, 0.4) is 0 Å². The van der Waals surface area contributed by atoms with Gasteiger partial charge in [-0.15, -0.1) is 0 Å². The van der Waals surface area contributed by atoms with Crippen LogP contribution >= 0.6 is 0 Å². The molecule has 4 heteroatoms. The molecule has 1 saturated carbocycles. The number of aliphatic hydroxyl groups is 1. The molecule has 0 bridgehead atoms. The molecule has 1 saturated heterocycles. The number of hydrogen-bond donors (Lipinski definition) is 1. The standard InChI is InChI=1S/C16H25N3O/c1-13(20)15-7-4-8-17-16(15)19-11-9-18(10-12-19)14-5-2-3-6-14/h4,7-8,13-14,20H,2-3,5-6,9-12H2,1H3. The maximum atomic E-state index is 9.88. The summed E-state index contributed by atoms with van der Waals surface area (Å²) < 4.78 is 0. The third-order valence-corrected chi connectivity index (χ3v) is 4.72. The van der Waals surface area contributed by atoms with E-state index in [1.165, 1.54) is 25.7 Å². The molecule has 0 radical (unpaired) electrons. The lowest BCUT2D eigenvalue weighted by Gasteiger charge is -2.39. The van der Waals surface area contributed by atoms with Gasteiger partial charge in [-0.3, -0.25) is 4.90 Å². The van der Waals surface area contributed by atoms with Crippen molar-refractivity contribution in [2.24, 2.45) is 0 Å². The van der Waals surface area contributed by atoms with Crippen LogP contribution in [0.25, 0.3) is 0 Å². The number of nitrogens with zero attached hydrogens (tertiary/aromatic N) is 3. The maximum absolute atomic E-state index is 9.88. The maximum Gasteiger partial charge on any atom is 0.134 e. The number of piperazine rings is 1. The van der Waals surface area contributed by atoms with E-state index in [0.29, 0.717) is 0 Å². The van der Waals surface area contributed by atoms with Crippen molar-refractivity contribution in [1.82, 2.24) is 9.88 Å². The lowest BCUT2D eigenvalue weighted by atomic mass is 10.1. The van der Waals surface area contributed by atoms with Gasteiger partial charge in [-0.1, -0.05) is 18.9 Å². The van der Waals surface area contributed by atoms with Crippen molar-refractivity contribution in [1.29, 1.82) is 0 Å². The van der Waals surface area contributed by atoms with E-state index in [0.717, 1.165) is 43.6 Å². The summed E-state index contributed by atoms with van der Waals surface area (Å²) in [6, 6.07) is 4.70. The van der Waals surface area contributed by atoms with Crippen molar-refractivity contribution in [3.63, 3.8) is 0 Å². The molecule has 1 aliphatic heterocycles. The third kappa shape index (κ3) is 2.81. The second-order valence-corrected chi connectivity index (χ2v) is 6.05. The first kappa shape index (κ1) is 13.8. The van der Waals surface area contributed by atoms with E-state index in [1.807, 2.05) is 25.3 Å². The Morgan fingerprint density at radius 1 is 1.20 bits per heavy atom. The van der Waals surface area contributed by atoms with Gasteiger partial charge in [0, 0.05) is 44.0 Å². The van der Waals surface area contributed by atoms with Crippen LogP contribution in [0.1, 0.15) is 44.3 Å². The van der Waals surface area contributed by atoms with E-state index in [-0.39, 0.29) is 0 Å². The first-order valence-electron chi connectivity index (χ1n) is 7.87. The summed E-state index contributed by atoms with van der Waals surface area (Å²) in [5.74, 6) is 0.966. The van der Waals surface area contributed by atoms with Gasteiger partial charge >= 0.3 is 0 Å². The minimum Gasteiger partial charge on any atom is -0.389 e. The number of pyridine rings is 1. The Morgan fingerprint density at radius 3 is 2.55 bits per heavy atom. The number of aromatic nitrogens is 1. The van der Waals surface area contributed by atoms with Crippen LogP contribution in [0.15, 0.2) is 18.3 Å². The highest BCUT2D eigenvalue weighted by Gasteiger charge is 2.27. The molecule has 2 aliphatic rings. The number of aliphatic hydroxyl groups excluding tert-OH is 1. The molecule has 20 heavy (non-hydrogen) atoms. The molecule has 0 amide bonds. The Labute approximate surface area is 121 Å². The largest absolute Gasteiger partial charge is 0.389 e. The zero-order valence-corrected chi connectivity index (χ0v) is 12.3. The fourth-order valence-electron chi connectivity index (χ4n) is 3.57. The lowest BCUT2D eigenvalue weighted by Crippen LogP contribution is -2.50. The average molecular weight is 275 g/mol. The number of hydrogen-bond acceptors (Lipinski definition) is 4. The molecule has 3 rings (SSSR count). The molecule has 1 aromatic rings. The summed E-state index contributed by atoms with van der Waals surface area (Å²) in [5, 5.41) is 9.88. The predicted molar refractivity (Wildman–Crippen MR) is 80.9 cm³/mol. The molecule has 1 atom stereocenters. The topological polar surface area (TPSA) is 39.6 Å². The molecule has 110 valence electrons. The van der Waals surface area contributed by atoms with E-state index in [9.17, 15) is 5.11 Å². The van der Waals surface area contributed by atoms with Gasteiger partial charge in [0.25, 0.3) is 0 Å². The SMILES string of the molecule is CC(O)c1cccnc1N1CCN(C2CCCC2)CC1. The summed E-state index contributed by atoms with van der Waals surface area (Å²) in [4.78, 5) is 9.47. The van der Waals surface area contributed by atoms with Gasteiger partial charge in [0.15, 0.2) is 0 Å². The second-order valence-electron chi connectivity index (χ2n) is 6.05. The van der Waals surface area contributed by atoms with Crippen LogP contribution in [0, 0.1) is 0 Å². The van der Waals surface area contributed by atoms with Crippen molar-refractivity contribution in [2.45, 2.75) is 44.8 Å². The summed E-state index contributed by atoms with van der Waals surface area (Å²) in [6.07, 6.45) is 6.93. The number of rotatable bonds is 3. The normalized spacial score (nSPS) is 23.2. The minimum absolute atomic E-state index is 0.452. The van der Waals surface area contributed by atoms with Crippen molar-refractivity contribution in [2.75, 3.05) is 31.1 Å². The molecule has 0 aromatic carbocycles. The van der Waals surface area contributed by atoms with Crippen LogP contribution in [-0.4, -0.2) is 47.2 Å². The minimum atomic E-state index is -0.452. The average Bonchev–Trinajstić information content (AvgIpc) is 3.02. The second kappa shape index (κ2) is 6.10. The summed E-state index contributed by atoms with van der Waals surface area (Å²) in [6.45, 7) is 6.11. The van der Waals surface area contributed by atoms with E-state index >= 15 is 0 Å². The molecule has 4 nitrogen and oxygen atoms in total. The smallest absolute Gasteiger partial charge is 0.134 e. The molecular weight excluding hydrogens is 250 g/mol. The Kier molecular flexibility index (Phi) is 4.22. The van der Waals surface area contributed by atoms with Crippen LogP contribution in [0.5, 0.6) is 0 Å². The lowest BCUT2D eigenvalue weighted by molar-refractivity contribution is 0.184. The van der Waals surface area contributed by atoms with Gasteiger partial charge in [0.05, 0.1) is 6.10 Å². The van der Waals surface area contributed by atoms with Gasteiger partial charge in [-0.25, -0.2) is 4.98 Å². The van der Waals surface area contributed by atoms with Gasteiger partial charge in [-0.05, 0) is 25.8 Å². The molecule has 2 fully saturated rings. The van der Waals surface area contributed by atoms with Crippen LogP contribution in [-0.2, 0) is 0 Å². The highest BCUT2D eigenvalue weighted by Crippen LogP contribution is 2.27. The van der Waals surface area contributed by atoms with Crippen molar-refractivity contribution >= 4 is 5.82 Å². The molecule has 0 spiro atoms. The Hall–Kier alpha value is -1.13. The van der Waals surface area contributed by atoms with E-state index in [1.54, 1.807) is 0 Å². The van der Waals surface area contributed by atoms with Crippen molar-refractivity contribution in [3.05, 3.63) is 23.9 Å². The monoisotopic (exact) mass is 275 g/mol. The van der Waals surface area contributed by atoms with Gasteiger partial charge in [0.1, 0.15) is 5.82 Å². The molecule has 1 N–H and O–H groups in total. The zero-order chi connectivity index (χ0) is 13.9. The highest BCUT2D eigenvalue weighted by atomic mass is 16.3. The van der Waals surface area contributed by atoms with Gasteiger partial charge in [0.2, 0.25) is 0 Å². The van der Waals surface area contributed by atoms with Crippen molar-refractivity contribution in [3.8, 4) is 0 Å². The molecule has 1 unspecified atom stereocenters. The van der Waals surface area contributed by atoms with Crippen LogP contribution < -0.4 is 4.90 Å². The fourth-order valence-corrected chi connectivity index (χ4v) is 3.57. The third-order valence-electron chi connectivity index (χ3n) is 4.72. The molecule has 1 aromatic heterocycles. The summed E-state index contributed by atoms with van der Waals surface area (Å²) in [7, 11) is 0. The fraction of sp³-hybridized carbons (Fsp3) is 0.688. The van der Waals surface area contributed by atoms with Crippen molar-refractivity contribution < 1.29 is 5.11 Å². The Morgan fingerprint density at radius 2 is 1.90 bits per heavy atom. The predicted octanol–water partition coefficient (Wildman–Crippen LogP) is 2.20. The summed E-state index contributed by atoms with van der Waals surface area (Å²) >= 11 is 0. The molecule has 1 aliphatic carbocycles. The first-order valence-corrected chi connectivity index (χ1v) is 7.87. The Bertz CT molecular complexity index is 435. The summed E-state index contributed by atoms with van der Waals surface area (Å²) in [5.41, 5.74) is 0.946. The Balaban J connectivity index is 1.66. The zero-order valence-electron chi connectivity index (χ0n) is 12.3. The quantitative estimate of drug-likeness (QED) is 0.918. The van der Waals surface area contributed by atoms with E-state index in [4.69, 9.17) is 0 Å². The highest BCUT2D eigenvalue weighted by molar-refractivity contribution is 5.48. The molecular formula is C16H25N3O.